The van der Waals surface area contributed by atoms with E-state index in [-0.39, 0.29) is 13.2 Å². The molecule has 7 nitrogen and oxygen atoms in total. The summed E-state index contributed by atoms with van der Waals surface area (Å²) in [6.07, 6.45) is -0.678. The number of aliphatic hydroxyl groups excluding tert-OH is 3. The van der Waals surface area contributed by atoms with Crippen LogP contribution < -0.4 is 16.4 Å². The molecule has 2 rings (SSSR count). The van der Waals surface area contributed by atoms with Crippen molar-refractivity contribution in [2.45, 2.75) is 6.10 Å². The van der Waals surface area contributed by atoms with Crippen molar-refractivity contribution in [2.75, 3.05) is 55.8 Å². The van der Waals surface area contributed by atoms with E-state index in [0.29, 0.717) is 37.6 Å². The molecule has 0 aliphatic carbocycles. The van der Waals surface area contributed by atoms with E-state index in [1.54, 1.807) is 0 Å². The van der Waals surface area contributed by atoms with Crippen LogP contribution in [0.5, 0.6) is 0 Å². The Kier molecular flexibility index (Phi) is 7.68. The molecular weight excluding hydrogens is 332 g/mol. The van der Waals surface area contributed by atoms with E-state index < -0.39 is 6.10 Å². The Morgan fingerprint density at radius 3 is 1.54 bits per heavy atom. The second-order valence-electron chi connectivity index (χ2n) is 6.20. The highest BCUT2D eigenvalue weighted by atomic mass is 16.3. The molecule has 0 aliphatic heterocycles. The maximum Gasteiger partial charge on any atom is 0.0845 e. The van der Waals surface area contributed by atoms with Crippen LogP contribution in [-0.2, 0) is 0 Å². The van der Waals surface area contributed by atoms with Gasteiger partial charge >= 0.3 is 0 Å². The fourth-order valence-electron chi connectivity index (χ4n) is 2.81. The minimum atomic E-state index is -0.678. The minimum Gasteiger partial charge on any atom is -0.399 e. The van der Waals surface area contributed by atoms with Crippen molar-refractivity contribution in [2.24, 2.45) is 0 Å². The topological polar surface area (TPSA) is 119 Å². The van der Waals surface area contributed by atoms with Crippen LogP contribution in [-0.4, -0.2) is 65.7 Å². The third-order valence-corrected chi connectivity index (χ3v) is 4.10. The fourth-order valence-corrected chi connectivity index (χ4v) is 2.81. The Hall–Kier alpha value is -2.32. The van der Waals surface area contributed by atoms with Crippen LogP contribution in [0, 0.1) is 0 Å². The molecule has 1 unspecified atom stereocenters. The van der Waals surface area contributed by atoms with Gasteiger partial charge in [0, 0.05) is 42.4 Å². The van der Waals surface area contributed by atoms with Gasteiger partial charge in [-0.05, 0) is 48.5 Å². The zero-order chi connectivity index (χ0) is 18.9. The van der Waals surface area contributed by atoms with Crippen molar-refractivity contribution in [1.29, 1.82) is 0 Å². The lowest BCUT2D eigenvalue weighted by atomic mass is 10.2. The van der Waals surface area contributed by atoms with Gasteiger partial charge in [0.25, 0.3) is 0 Å². The molecule has 0 heterocycles. The summed E-state index contributed by atoms with van der Waals surface area (Å²) in [7, 11) is 0. The molecule has 0 aliphatic rings. The van der Waals surface area contributed by atoms with Crippen molar-refractivity contribution in [3.63, 3.8) is 0 Å². The van der Waals surface area contributed by atoms with Crippen molar-refractivity contribution in [3.8, 4) is 0 Å². The predicted octanol–water partition coefficient (Wildman–Crippen LogP) is 0.637. The molecule has 7 N–H and O–H groups in total. The largest absolute Gasteiger partial charge is 0.399 e. The van der Waals surface area contributed by atoms with E-state index in [1.165, 1.54) is 0 Å². The Balaban J connectivity index is 2.17. The zero-order valence-corrected chi connectivity index (χ0v) is 14.8. The number of hydrogen-bond acceptors (Lipinski definition) is 7. The fraction of sp³-hybridized carbons (Fsp3) is 0.368. The number of benzene rings is 2. The Morgan fingerprint density at radius 2 is 1.15 bits per heavy atom. The van der Waals surface area contributed by atoms with Gasteiger partial charge in [0.15, 0.2) is 0 Å². The second-order valence-corrected chi connectivity index (χ2v) is 6.20. The number of aliphatic hydroxyl groups is 3. The first-order chi connectivity index (χ1) is 12.5. The van der Waals surface area contributed by atoms with Gasteiger partial charge in [-0.15, -0.1) is 0 Å². The Labute approximate surface area is 154 Å². The standard InChI is InChI=1S/C19H28N4O3/c20-15-1-5-17(6-2-15)23(18-7-3-16(21)4-8-18)14-19(26)13-22(9-11-24)10-12-25/h1-8,19,24-26H,9-14,20-21H2. The molecule has 0 radical (unpaired) electrons. The molecule has 0 saturated heterocycles. The summed E-state index contributed by atoms with van der Waals surface area (Å²) in [6, 6.07) is 14.9. The molecule has 7 heteroatoms. The molecule has 1 atom stereocenters. The van der Waals surface area contributed by atoms with Gasteiger partial charge in [0.05, 0.1) is 25.9 Å². The molecule has 2 aromatic rings. The first kappa shape index (κ1) is 20.0. The molecule has 142 valence electrons. The normalized spacial score (nSPS) is 12.3. The van der Waals surface area contributed by atoms with Gasteiger partial charge in [-0.1, -0.05) is 0 Å². The zero-order valence-electron chi connectivity index (χ0n) is 14.8. The first-order valence-corrected chi connectivity index (χ1v) is 8.64. The summed E-state index contributed by atoms with van der Waals surface area (Å²) in [6.45, 7) is 1.46. The van der Waals surface area contributed by atoms with Gasteiger partial charge in [0.1, 0.15) is 0 Å². The molecule has 0 fully saturated rings. The summed E-state index contributed by atoms with van der Waals surface area (Å²) >= 11 is 0. The molecule has 2 aromatic carbocycles. The van der Waals surface area contributed by atoms with Gasteiger partial charge < -0.3 is 31.7 Å². The summed E-state index contributed by atoms with van der Waals surface area (Å²) in [5.74, 6) is 0. The number of anilines is 4. The molecule has 0 saturated carbocycles. The van der Waals surface area contributed by atoms with E-state index in [1.807, 2.05) is 58.3 Å². The van der Waals surface area contributed by atoms with Crippen LogP contribution in [0.3, 0.4) is 0 Å². The van der Waals surface area contributed by atoms with Crippen LogP contribution >= 0.6 is 0 Å². The Morgan fingerprint density at radius 1 is 0.731 bits per heavy atom. The number of nitrogen functional groups attached to an aromatic ring is 2. The monoisotopic (exact) mass is 360 g/mol. The summed E-state index contributed by atoms with van der Waals surface area (Å²) < 4.78 is 0. The molecule has 0 bridgehead atoms. The quantitative estimate of drug-likeness (QED) is 0.394. The molecule has 0 aromatic heterocycles. The number of hydrogen-bond donors (Lipinski definition) is 5. The van der Waals surface area contributed by atoms with Crippen molar-refractivity contribution < 1.29 is 15.3 Å². The van der Waals surface area contributed by atoms with Crippen LogP contribution in [0.15, 0.2) is 48.5 Å². The maximum atomic E-state index is 10.6. The van der Waals surface area contributed by atoms with Crippen LogP contribution in [0.2, 0.25) is 0 Å². The summed E-state index contributed by atoms with van der Waals surface area (Å²) in [5.41, 5.74) is 14.7. The van der Waals surface area contributed by atoms with Gasteiger partial charge in [0.2, 0.25) is 0 Å². The highest BCUT2D eigenvalue weighted by molar-refractivity contribution is 5.66. The van der Waals surface area contributed by atoms with Crippen LogP contribution in [0.25, 0.3) is 0 Å². The number of nitrogens with two attached hydrogens (primary N) is 2. The van der Waals surface area contributed by atoms with E-state index in [9.17, 15) is 5.11 Å². The van der Waals surface area contributed by atoms with Crippen molar-refractivity contribution in [1.82, 2.24) is 4.90 Å². The average molecular weight is 360 g/mol. The number of nitrogens with zero attached hydrogens (tertiary/aromatic N) is 2. The molecule has 0 amide bonds. The predicted molar refractivity (Wildman–Crippen MR) is 105 cm³/mol. The Bertz CT molecular complexity index is 597. The lowest BCUT2D eigenvalue weighted by Gasteiger charge is -2.30. The highest BCUT2D eigenvalue weighted by Gasteiger charge is 2.17. The molecule has 0 spiro atoms. The average Bonchev–Trinajstić information content (AvgIpc) is 2.62. The van der Waals surface area contributed by atoms with Gasteiger partial charge in [-0.3, -0.25) is 4.90 Å². The SMILES string of the molecule is Nc1ccc(N(CC(O)CN(CCO)CCO)c2ccc(N)cc2)cc1. The van der Waals surface area contributed by atoms with Crippen LogP contribution in [0.1, 0.15) is 0 Å². The second kappa shape index (κ2) is 9.98. The van der Waals surface area contributed by atoms with Crippen molar-refractivity contribution >= 4 is 22.7 Å². The smallest absolute Gasteiger partial charge is 0.0845 e. The molecule has 26 heavy (non-hydrogen) atoms. The third kappa shape index (κ3) is 5.89. The van der Waals surface area contributed by atoms with E-state index >= 15 is 0 Å². The maximum absolute atomic E-state index is 10.6. The van der Waals surface area contributed by atoms with Gasteiger partial charge in [-0.2, -0.15) is 0 Å². The molecular formula is C19H28N4O3. The number of rotatable bonds is 10. The lowest BCUT2D eigenvalue weighted by Crippen LogP contribution is -2.41. The summed E-state index contributed by atoms with van der Waals surface area (Å²) in [5, 5.41) is 28.8. The highest BCUT2D eigenvalue weighted by Crippen LogP contribution is 2.27. The third-order valence-electron chi connectivity index (χ3n) is 4.10. The van der Waals surface area contributed by atoms with Crippen LogP contribution in [0.4, 0.5) is 22.7 Å². The minimum absolute atomic E-state index is 0.0215. The van der Waals surface area contributed by atoms with E-state index in [0.717, 1.165) is 11.4 Å². The van der Waals surface area contributed by atoms with Crippen molar-refractivity contribution in [3.05, 3.63) is 48.5 Å². The summed E-state index contributed by atoms with van der Waals surface area (Å²) in [4.78, 5) is 3.81. The van der Waals surface area contributed by atoms with E-state index in [2.05, 4.69) is 0 Å². The van der Waals surface area contributed by atoms with E-state index in [4.69, 9.17) is 21.7 Å². The van der Waals surface area contributed by atoms with Gasteiger partial charge in [-0.25, -0.2) is 0 Å². The first-order valence-electron chi connectivity index (χ1n) is 8.64. The lowest BCUT2D eigenvalue weighted by molar-refractivity contribution is 0.0918.